The van der Waals surface area contributed by atoms with Crippen molar-refractivity contribution in [3.63, 3.8) is 0 Å². The highest BCUT2D eigenvalue weighted by molar-refractivity contribution is 8.04. The van der Waals surface area contributed by atoms with Gasteiger partial charge in [0.2, 0.25) is 0 Å². The number of hydrogen-bond donors (Lipinski definition) is 0. The van der Waals surface area contributed by atoms with Crippen LogP contribution in [0.1, 0.15) is 24.6 Å². The molecule has 112 valence electrons. The molecule has 6 heteroatoms. The van der Waals surface area contributed by atoms with Crippen LogP contribution in [0.3, 0.4) is 0 Å². The van der Waals surface area contributed by atoms with E-state index in [0.717, 1.165) is 30.1 Å². The van der Waals surface area contributed by atoms with Gasteiger partial charge in [0.25, 0.3) is 11.8 Å². The molecule has 2 aliphatic rings. The quantitative estimate of drug-likeness (QED) is 0.782. The average molecular weight is 323 g/mol. The van der Waals surface area contributed by atoms with Crippen LogP contribution >= 0.6 is 23.1 Å². The lowest BCUT2D eigenvalue weighted by molar-refractivity contribution is -0.138. The summed E-state index contributed by atoms with van der Waals surface area (Å²) in [5.41, 5.74) is 0.569. The second-order valence-electron chi connectivity index (χ2n) is 4.97. The van der Waals surface area contributed by atoms with Gasteiger partial charge < -0.3 is 4.74 Å². The summed E-state index contributed by atoms with van der Waals surface area (Å²) in [7, 11) is 0. The second-order valence-corrected chi connectivity index (χ2v) is 7.19. The number of carbonyl (C=O) groups excluding carboxylic acids is 2. The molecule has 0 saturated carbocycles. The van der Waals surface area contributed by atoms with E-state index >= 15 is 0 Å². The minimum absolute atomic E-state index is 0.00605. The van der Waals surface area contributed by atoms with Crippen LogP contribution in [-0.2, 0) is 14.3 Å². The zero-order chi connectivity index (χ0) is 14.8. The number of hydrogen-bond acceptors (Lipinski definition) is 5. The van der Waals surface area contributed by atoms with Crippen molar-refractivity contribution in [1.82, 2.24) is 4.90 Å². The fourth-order valence-electron chi connectivity index (χ4n) is 2.63. The predicted molar refractivity (Wildman–Crippen MR) is 85.1 cm³/mol. The Balaban J connectivity index is 1.88. The lowest BCUT2D eigenvalue weighted by Crippen LogP contribution is -2.37. The smallest absolute Gasteiger partial charge is 0.268 e. The maximum Gasteiger partial charge on any atom is 0.268 e. The topological polar surface area (TPSA) is 46.6 Å². The van der Waals surface area contributed by atoms with Gasteiger partial charge in [-0.3, -0.25) is 14.5 Å². The Bertz CT molecular complexity index is 574. The summed E-state index contributed by atoms with van der Waals surface area (Å²) in [6.07, 6.45) is 1.91. The van der Waals surface area contributed by atoms with Crippen LogP contribution in [0.25, 0.3) is 5.57 Å². The van der Waals surface area contributed by atoms with Gasteiger partial charge in [-0.15, -0.1) is 23.1 Å². The highest BCUT2D eigenvalue weighted by atomic mass is 32.2. The first-order valence-corrected chi connectivity index (χ1v) is 8.97. The molecule has 1 fully saturated rings. The van der Waals surface area contributed by atoms with Crippen LogP contribution in [0, 0.1) is 0 Å². The number of carbonyl (C=O) groups is 2. The van der Waals surface area contributed by atoms with Gasteiger partial charge in [0.15, 0.2) is 0 Å². The van der Waals surface area contributed by atoms with E-state index in [-0.39, 0.29) is 17.9 Å². The minimum Gasteiger partial charge on any atom is -0.376 e. The maximum atomic E-state index is 12.7. The zero-order valence-electron chi connectivity index (χ0n) is 11.8. The Morgan fingerprint density at radius 1 is 1.43 bits per heavy atom. The van der Waals surface area contributed by atoms with Crippen molar-refractivity contribution in [2.24, 2.45) is 0 Å². The van der Waals surface area contributed by atoms with Crippen LogP contribution in [0.15, 0.2) is 22.4 Å². The molecule has 1 atom stereocenters. The van der Waals surface area contributed by atoms with Gasteiger partial charge in [0.05, 0.1) is 23.1 Å². The Morgan fingerprint density at radius 2 is 2.29 bits per heavy atom. The fourth-order valence-corrected chi connectivity index (χ4v) is 4.32. The van der Waals surface area contributed by atoms with Crippen molar-refractivity contribution in [2.45, 2.75) is 25.9 Å². The van der Waals surface area contributed by atoms with E-state index in [1.807, 2.05) is 24.4 Å². The second kappa shape index (κ2) is 6.34. The first kappa shape index (κ1) is 14.8. The van der Waals surface area contributed by atoms with Gasteiger partial charge in [-0.1, -0.05) is 13.0 Å². The van der Waals surface area contributed by atoms with E-state index in [4.69, 9.17) is 4.74 Å². The number of ether oxygens (including phenoxy) is 1. The lowest BCUT2D eigenvalue weighted by atomic mass is 10.2. The standard InChI is InChI=1S/C15H17NO3S2/c1-2-20-13-12(11-6-4-8-21-11)14(17)16(15(13)18)9-10-5-3-7-19-10/h4,6,8,10H,2-3,5,7,9H2,1H3. The molecule has 4 nitrogen and oxygen atoms in total. The molecule has 2 amide bonds. The average Bonchev–Trinajstić information content (AvgIpc) is 3.19. The number of nitrogens with zero attached hydrogens (tertiary/aromatic N) is 1. The van der Waals surface area contributed by atoms with Crippen LogP contribution < -0.4 is 0 Å². The lowest BCUT2D eigenvalue weighted by Gasteiger charge is -2.18. The normalized spacial score (nSPS) is 22.7. The molecule has 0 aliphatic carbocycles. The predicted octanol–water partition coefficient (Wildman–Crippen LogP) is 2.76. The molecule has 3 rings (SSSR count). The van der Waals surface area contributed by atoms with E-state index in [9.17, 15) is 9.59 Å². The Labute approximate surface area is 132 Å². The van der Waals surface area contributed by atoms with E-state index in [2.05, 4.69) is 0 Å². The van der Waals surface area contributed by atoms with Crippen LogP contribution in [0.4, 0.5) is 0 Å². The van der Waals surface area contributed by atoms with E-state index in [1.165, 1.54) is 28.0 Å². The summed E-state index contributed by atoms with van der Waals surface area (Å²) >= 11 is 2.95. The van der Waals surface area contributed by atoms with E-state index in [1.54, 1.807) is 0 Å². The van der Waals surface area contributed by atoms with Crippen LogP contribution in [-0.4, -0.2) is 41.7 Å². The number of imide groups is 1. The monoisotopic (exact) mass is 323 g/mol. The molecule has 0 aromatic carbocycles. The summed E-state index contributed by atoms with van der Waals surface area (Å²) < 4.78 is 5.56. The molecular weight excluding hydrogens is 306 g/mol. The van der Waals surface area contributed by atoms with Crippen molar-refractivity contribution in [1.29, 1.82) is 0 Å². The SMILES string of the molecule is CCSC1=C(c2cccs2)C(=O)N(CC2CCCO2)C1=O. The third kappa shape index (κ3) is 2.80. The van der Waals surface area contributed by atoms with Gasteiger partial charge in [-0.05, 0) is 30.0 Å². The van der Waals surface area contributed by atoms with Crippen LogP contribution in [0.5, 0.6) is 0 Å². The summed E-state index contributed by atoms with van der Waals surface area (Å²) in [5.74, 6) is 0.441. The van der Waals surface area contributed by atoms with Crippen molar-refractivity contribution in [3.05, 3.63) is 27.3 Å². The van der Waals surface area contributed by atoms with Crippen molar-refractivity contribution in [3.8, 4) is 0 Å². The van der Waals surface area contributed by atoms with Crippen LogP contribution in [0.2, 0.25) is 0 Å². The van der Waals surface area contributed by atoms with Gasteiger partial charge >= 0.3 is 0 Å². The Morgan fingerprint density at radius 3 is 2.90 bits per heavy atom. The largest absolute Gasteiger partial charge is 0.376 e. The molecule has 0 spiro atoms. The van der Waals surface area contributed by atoms with Gasteiger partial charge in [0.1, 0.15) is 0 Å². The highest BCUT2D eigenvalue weighted by Crippen LogP contribution is 2.38. The van der Waals surface area contributed by atoms with Crippen molar-refractivity contribution < 1.29 is 14.3 Å². The molecule has 0 radical (unpaired) electrons. The summed E-state index contributed by atoms with van der Waals surface area (Å²) in [5, 5.41) is 1.93. The molecular formula is C15H17NO3S2. The zero-order valence-corrected chi connectivity index (χ0v) is 13.5. The summed E-state index contributed by atoms with van der Waals surface area (Å²) in [6, 6.07) is 3.80. The number of amides is 2. The Kier molecular flexibility index (Phi) is 4.47. The molecule has 1 aromatic heterocycles. The fraction of sp³-hybridized carbons (Fsp3) is 0.467. The molecule has 0 bridgehead atoms. The molecule has 1 unspecified atom stereocenters. The summed E-state index contributed by atoms with van der Waals surface area (Å²) in [4.78, 5) is 28.1. The number of thiophene rings is 1. The number of thioether (sulfide) groups is 1. The molecule has 1 aromatic rings. The first-order valence-electron chi connectivity index (χ1n) is 7.11. The van der Waals surface area contributed by atoms with Gasteiger partial charge in [-0.25, -0.2) is 0 Å². The van der Waals surface area contributed by atoms with E-state index < -0.39 is 0 Å². The minimum atomic E-state index is -0.172. The Hall–Kier alpha value is -1.11. The van der Waals surface area contributed by atoms with E-state index in [0.29, 0.717) is 17.0 Å². The number of rotatable bonds is 5. The molecule has 21 heavy (non-hydrogen) atoms. The highest BCUT2D eigenvalue weighted by Gasteiger charge is 2.40. The molecule has 3 heterocycles. The maximum absolute atomic E-state index is 12.7. The third-order valence-corrected chi connectivity index (χ3v) is 5.44. The first-order chi connectivity index (χ1) is 10.2. The van der Waals surface area contributed by atoms with Gasteiger partial charge in [0, 0.05) is 11.5 Å². The van der Waals surface area contributed by atoms with Gasteiger partial charge in [-0.2, -0.15) is 0 Å². The summed E-state index contributed by atoms with van der Waals surface area (Å²) in [6.45, 7) is 3.09. The molecule has 1 saturated heterocycles. The molecule has 2 aliphatic heterocycles. The van der Waals surface area contributed by atoms with Crippen molar-refractivity contribution >= 4 is 40.5 Å². The third-order valence-electron chi connectivity index (χ3n) is 3.59. The van der Waals surface area contributed by atoms with Crippen molar-refractivity contribution in [2.75, 3.05) is 18.9 Å². The molecule has 0 N–H and O–H groups in total.